The fourth-order valence-corrected chi connectivity index (χ4v) is 2.08. The van der Waals surface area contributed by atoms with Crippen LogP contribution in [0.1, 0.15) is 16.7 Å². The Hall–Kier alpha value is -1.75. The van der Waals surface area contributed by atoms with Crippen LogP contribution in [0.15, 0.2) is 47.3 Å². The van der Waals surface area contributed by atoms with Crippen LogP contribution in [-0.4, -0.2) is 13.1 Å². The Labute approximate surface area is 115 Å². The Morgan fingerprint density at radius 3 is 2.20 bits per heavy atom. The Kier molecular flexibility index (Phi) is 4.49. The summed E-state index contributed by atoms with van der Waals surface area (Å²) in [5, 5.41) is 3.17. The Morgan fingerprint density at radius 1 is 1.05 bits per heavy atom. The van der Waals surface area contributed by atoms with Crippen LogP contribution in [0, 0.1) is 0 Å². The zero-order chi connectivity index (χ0) is 14.6. The lowest BCUT2D eigenvalue weighted by Crippen LogP contribution is -2.29. The summed E-state index contributed by atoms with van der Waals surface area (Å²) in [5.41, 5.74) is 1.33. The first-order valence-electron chi connectivity index (χ1n) is 6.33. The largest absolute Gasteiger partial charge is 0.472 e. The number of hydrogen-bond acceptors (Lipinski definition) is 2. The molecule has 0 fully saturated rings. The molecule has 1 heterocycles. The molecule has 0 spiro atoms. The van der Waals surface area contributed by atoms with Gasteiger partial charge in [0.05, 0.1) is 18.1 Å². The summed E-state index contributed by atoms with van der Waals surface area (Å²) < 4.78 is 42.4. The number of nitrogens with one attached hydrogen (secondary N) is 1. The normalized spacial score (nSPS) is 13.4. The summed E-state index contributed by atoms with van der Waals surface area (Å²) in [5.74, 6) is 0. The van der Waals surface area contributed by atoms with Crippen LogP contribution < -0.4 is 5.32 Å². The molecule has 5 heteroatoms. The van der Waals surface area contributed by atoms with E-state index < -0.39 is 11.7 Å². The van der Waals surface area contributed by atoms with Crippen molar-refractivity contribution in [1.82, 2.24) is 5.32 Å². The van der Waals surface area contributed by atoms with Gasteiger partial charge >= 0.3 is 6.18 Å². The highest BCUT2D eigenvalue weighted by Crippen LogP contribution is 2.29. The molecule has 1 N–H and O–H groups in total. The number of likely N-dealkylation sites (N-methyl/N-ethyl adjacent to an activating group) is 1. The van der Waals surface area contributed by atoms with Crippen LogP contribution in [0.2, 0.25) is 0 Å². The molecule has 0 bridgehead atoms. The third-order valence-corrected chi connectivity index (χ3v) is 3.23. The van der Waals surface area contributed by atoms with Crippen molar-refractivity contribution in [3.63, 3.8) is 0 Å². The Bertz CT molecular complexity index is 517. The van der Waals surface area contributed by atoms with Gasteiger partial charge in [0, 0.05) is 6.04 Å². The van der Waals surface area contributed by atoms with E-state index >= 15 is 0 Å². The lowest BCUT2D eigenvalue weighted by Gasteiger charge is -2.16. The molecule has 1 unspecified atom stereocenters. The highest BCUT2D eigenvalue weighted by Gasteiger charge is 2.29. The van der Waals surface area contributed by atoms with E-state index in [1.807, 2.05) is 13.1 Å². The first-order valence-corrected chi connectivity index (χ1v) is 6.33. The third-order valence-electron chi connectivity index (χ3n) is 3.23. The second-order valence-corrected chi connectivity index (χ2v) is 4.72. The van der Waals surface area contributed by atoms with Crippen LogP contribution in [0.4, 0.5) is 13.2 Å². The number of alkyl halides is 3. The van der Waals surface area contributed by atoms with Gasteiger partial charge in [-0.3, -0.25) is 0 Å². The molecule has 0 aliphatic carbocycles. The fraction of sp³-hybridized carbons (Fsp3) is 0.333. The number of rotatable bonds is 5. The Morgan fingerprint density at radius 2 is 1.70 bits per heavy atom. The molecule has 2 rings (SSSR count). The molecule has 2 nitrogen and oxygen atoms in total. The molecule has 0 radical (unpaired) electrons. The molecular weight excluding hydrogens is 267 g/mol. The maximum Gasteiger partial charge on any atom is 0.416 e. The molecule has 0 aliphatic rings. The summed E-state index contributed by atoms with van der Waals surface area (Å²) in [6.07, 6.45) is 0.447. The van der Waals surface area contributed by atoms with Gasteiger partial charge in [-0.1, -0.05) is 12.1 Å². The SMILES string of the molecule is CNC(Cc1ccc(C(F)(F)F)cc1)Cc1ccoc1. The number of hydrogen-bond donors (Lipinski definition) is 1. The van der Waals surface area contributed by atoms with Gasteiger partial charge in [0.25, 0.3) is 0 Å². The van der Waals surface area contributed by atoms with E-state index in [-0.39, 0.29) is 6.04 Å². The van der Waals surface area contributed by atoms with E-state index in [1.165, 1.54) is 12.1 Å². The standard InChI is InChI=1S/C15H16F3NO/c1-19-14(9-12-6-7-20-10-12)8-11-2-4-13(5-3-11)15(16,17)18/h2-7,10,14,19H,8-9H2,1H3. The highest BCUT2D eigenvalue weighted by molar-refractivity contribution is 5.25. The predicted octanol–water partition coefficient (Wildman–Crippen LogP) is 3.67. The average molecular weight is 283 g/mol. The van der Waals surface area contributed by atoms with Gasteiger partial charge in [0.1, 0.15) is 0 Å². The monoisotopic (exact) mass is 283 g/mol. The van der Waals surface area contributed by atoms with Gasteiger partial charge in [0.2, 0.25) is 0 Å². The zero-order valence-corrected chi connectivity index (χ0v) is 11.1. The smallest absolute Gasteiger partial charge is 0.416 e. The maximum atomic E-state index is 12.5. The minimum atomic E-state index is -4.28. The second kappa shape index (κ2) is 6.13. The van der Waals surface area contributed by atoms with Crippen molar-refractivity contribution in [2.24, 2.45) is 0 Å². The molecule has 108 valence electrons. The molecule has 2 aromatic rings. The van der Waals surface area contributed by atoms with Crippen LogP contribution in [0.25, 0.3) is 0 Å². The highest BCUT2D eigenvalue weighted by atomic mass is 19.4. The summed E-state index contributed by atoms with van der Waals surface area (Å²) in [6.45, 7) is 0. The van der Waals surface area contributed by atoms with E-state index in [1.54, 1.807) is 12.5 Å². The first kappa shape index (κ1) is 14.7. The second-order valence-electron chi connectivity index (χ2n) is 4.72. The van der Waals surface area contributed by atoms with Crippen molar-refractivity contribution in [3.05, 3.63) is 59.5 Å². The quantitative estimate of drug-likeness (QED) is 0.905. The van der Waals surface area contributed by atoms with E-state index in [4.69, 9.17) is 4.42 Å². The third kappa shape index (κ3) is 3.87. The molecule has 0 aliphatic heterocycles. The van der Waals surface area contributed by atoms with Gasteiger partial charge in [-0.2, -0.15) is 13.2 Å². The van der Waals surface area contributed by atoms with Gasteiger partial charge in [0.15, 0.2) is 0 Å². The first-order chi connectivity index (χ1) is 9.49. The lowest BCUT2D eigenvalue weighted by atomic mass is 9.99. The molecule has 0 amide bonds. The van der Waals surface area contributed by atoms with Crippen molar-refractivity contribution < 1.29 is 17.6 Å². The average Bonchev–Trinajstić information content (AvgIpc) is 2.90. The van der Waals surface area contributed by atoms with E-state index in [0.29, 0.717) is 6.42 Å². The molecule has 0 saturated carbocycles. The van der Waals surface area contributed by atoms with Crippen molar-refractivity contribution in [2.75, 3.05) is 7.05 Å². The predicted molar refractivity (Wildman–Crippen MR) is 70.4 cm³/mol. The van der Waals surface area contributed by atoms with Gasteiger partial charge in [-0.05, 0) is 49.2 Å². The van der Waals surface area contributed by atoms with Crippen molar-refractivity contribution in [2.45, 2.75) is 25.1 Å². The van der Waals surface area contributed by atoms with Gasteiger partial charge in [-0.15, -0.1) is 0 Å². The molecule has 20 heavy (non-hydrogen) atoms. The number of furan rings is 1. The van der Waals surface area contributed by atoms with Crippen molar-refractivity contribution in [1.29, 1.82) is 0 Å². The maximum absolute atomic E-state index is 12.5. The van der Waals surface area contributed by atoms with E-state index in [0.717, 1.165) is 29.7 Å². The molecule has 1 atom stereocenters. The number of benzene rings is 1. The van der Waals surface area contributed by atoms with Crippen LogP contribution >= 0.6 is 0 Å². The van der Waals surface area contributed by atoms with Crippen LogP contribution in [0.3, 0.4) is 0 Å². The molecule has 0 saturated heterocycles. The van der Waals surface area contributed by atoms with Crippen LogP contribution in [-0.2, 0) is 19.0 Å². The minimum absolute atomic E-state index is 0.157. The number of halogens is 3. The van der Waals surface area contributed by atoms with Crippen molar-refractivity contribution >= 4 is 0 Å². The molecule has 1 aromatic heterocycles. The van der Waals surface area contributed by atoms with Crippen LogP contribution in [0.5, 0.6) is 0 Å². The summed E-state index contributed by atoms with van der Waals surface area (Å²) in [7, 11) is 1.84. The minimum Gasteiger partial charge on any atom is -0.472 e. The van der Waals surface area contributed by atoms with E-state index in [9.17, 15) is 13.2 Å². The fourth-order valence-electron chi connectivity index (χ4n) is 2.08. The van der Waals surface area contributed by atoms with Crippen molar-refractivity contribution in [3.8, 4) is 0 Å². The summed E-state index contributed by atoms with van der Waals surface area (Å²) >= 11 is 0. The topological polar surface area (TPSA) is 25.2 Å². The van der Waals surface area contributed by atoms with Gasteiger partial charge < -0.3 is 9.73 Å². The summed E-state index contributed by atoms with van der Waals surface area (Å²) in [6, 6.07) is 7.35. The zero-order valence-electron chi connectivity index (χ0n) is 11.1. The molecule has 1 aromatic carbocycles. The lowest BCUT2D eigenvalue weighted by molar-refractivity contribution is -0.137. The van der Waals surface area contributed by atoms with Gasteiger partial charge in [-0.25, -0.2) is 0 Å². The summed E-state index contributed by atoms with van der Waals surface area (Å²) in [4.78, 5) is 0. The Balaban J connectivity index is 2.01. The van der Waals surface area contributed by atoms with E-state index in [2.05, 4.69) is 5.32 Å². The molecular formula is C15H16F3NO.